The van der Waals surface area contributed by atoms with Gasteiger partial charge in [-0.2, -0.15) is 0 Å². The molecule has 0 radical (unpaired) electrons. The molecule has 2 aromatic rings. The van der Waals surface area contributed by atoms with Gasteiger partial charge in [-0.3, -0.25) is 5.32 Å². The number of methoxy groups -OCH3 is 1. The Morgan fingerprint density at radius 2 is 2.04 bits per heavy atom. The quantitative estimate of drug-likeness (QED) is 0.787. The highest BCUT2D eigenvalue weighted by molar-refractivity contribution is 5.86. The zero-order valence-electron chi connectivity index (χ0n) is 15.1. The molecular formula is C21H25NO3. The van der Waals surface area contributed by atoms with Crippen LogP contribution in [0.15, 0.2) is 36.4 Å². The van der Waals surface area contributed by atoms with Gasteiger partial charge in [0.05, 0.1) is 12.8 Å². The Morgan fingerprint density at radius 1 is 1.24 bits per heavy atom. The number of ether oxygens (including phenoxy) is 2. The van der Waals surface area contributed by atoms with Crippen molar-refractivity contribution >= 4 is 11.8 Å². The molecule has 3 rings (SSSR count). The fourth-order valence-corrected chi connectivity index (χ4v) is 3.10. The van der Waals surface area contributed by atoms with Crippen LogP contribution in [-0.4, -0.2) is 13.2 Å². The van der Waals surface area contributed by atoms with E-state index in [0.717, 1.165) is 23.4 Å². The van der Waals surface area contributed by atoms with Crippen LogP contribution in [0.3, 0.4) is 0 Å². The molecule has 0 heterocycles. The Bertz CT molecular complexity index is 766. The summed E-state index contributed by atoms with van der Waals surface area (Å²) in [5.74, 6) is 1.48. The van der Waals surface area contributed by atoms with E-state index in [0.29, 0.717) is 12.5 Å². The summed E-state index contributed by atoms with van der Waals surface area (Å²) in [6, 6.07) is 12.3. The molecule has 0 aliphatic heterocycles. The van der Waals surface area contributed by atoms with Crippen LogP contribution in [0.5, 0.6) is 5.75 Å². The number of aryl methyl sites for hydroxylation is 2. The SMILES string of the molecule is CCc1cc(C)ccc1OCc1c(NC(=O)OC)cccc1C1CC1. The first-order chi connectivity index (χ1) is 12.1. The van der Waals surface area contributed by atoms with Crippen molar-refractivity contribution in [3.8, 4) is 5.75 Å². The molecule has 4 heteroatoms. The number of carbonyl (C=O) groups is 1. The molecule has 0 saturated heterocycles. The molecule has 1 N–H and O–H groups in total. The van der Waals surface area contributed by atoms with E-state index < -0.39 is 6.09 Å². The lowest BCUT2D eigenvalue weighted by Crippen LogP contribution is -2.14. The van der Waals surface area contributed by atoms with Crippen molar-refractivity contribution < 1.29 is 14.3 Å². The molecule has 1 aliphatic rings. The summed E-state index contributed by atoms with van der Waals surface area (Å²) in [6.45, 7) is 4.65. The molecule has 0 bridgehead atoms. The fraction of sp³-hybridized carbons (Fsp3) is 0.381. The van der Waals surface area contributed by atoms with Gasteiger partial charge in [0.25, 0.3) is 0 Å². The summed E-state index contributed by atoms with van der Waals surface area (Å²) in [5.41, 5.74) is 5.50. The number of rotatable bonds is 6. The van der Waals surface area contributed by atoms with Crippen LogP contribution in [0, 0.1) is 6.92 Å². The van der Waals surface area contributed by atoms with Crippen LogP contribution in [0.2, 0.25) is 0 Å². The molecule has 0 spiro atoms. The number of carbonyl (C=O) groups excluding carboxylic acids is 1. The van der Waals surface area contributed by atoms with Gasteiger partial charge in [-0.1, -0.05) is 36.8 Å². The summed E-state index contributed by atoms with van der Waals surface area (Å²) in [5, 5.41) is 2.82. The van der Waals surface area contributed by atoms with E-state index in [1.165, 1.54) is 36.6 Å². The first kappa shape index (κ1) is 17.3. The third kappa shape index (κ3) is 4.13. The minimum atomic E-state index is -0.459. The van der Waals surface area contributed by atoms with Gasteiger partial charge in [0.2, 0.25) is 0 Å². The third-order valence-electron chi connectivity index (χ3n) is 4.62. The number of amides is 1. The van der Waals surface area contributed by atoms with Gasteiger partial charge in [0.1, 0.15) is 12.4 Å². The van der Waals surface area contributed by atoms with Gasteiger partial charge in [0.15, 0.2) is 0 Å². The molecule has 132 valence electrons. The van der Waals surface area contributed by atoms with Crippen molar-refractivity contribution in [2.75, 3.05) is 12.4 Å². The highest BCUT2D eigenvalue weighted by Gasteiger charge is 2.27. The Balaban J connectivity index is 1.86. The predicted molar refractivity (Wildman–Crippen MR) is 99.3 cm³/mol. The van der Waals surface area contributed by atoms with E-state index in [4.69, 9.17) is 9.47 Å². The Morgan fingerprint density at radius 3 is 2.72 bits per heavy atom. The van der Waals surface area contributed by atoms with Gasteiger partial charge in [-0.05, 0) is 55.4 Å². The lowest BCUT2D eigenvalue weighted by Gasteiger charge is -2.17. The number of hydrogen-bond donors (Lipinski definition) is 1. The Labute approximate surface area is 149 Å². The fourth-order valence-electron chi connectivity index (χ4n) is 3.10. The summed E-state index contributed by atoms with van der Waals surface area (Å²) < 4.78 is 10.9. The summed E-state index contributed by atoms with van der Waals surface area (Å²) in [7, 11) is 1.37. The van der Waals surface area contributed by atoms with Crippen LogP contribution in [0.25, 0.3) is 0 Å². The molecule has 4 nitrogen and oxygen atoms in total. The molecule has 1 saturated carbocycles. The molecule has 0 atom stereocenters. The Kier molecular flexibility index (Phi) is 5.27. The highest BCUT2D eigenvalue weighted by Crippen LogP contribution is 2.43. The van der Waals surface area contributed by atoms with Crippen molar-refractivity contribution in [2.24, 2.45) is 0 Å². The van der Waals surface area contributed by atoms with Gasteiger partial charge in [-0.15, -0.1) is 0 Å². The molecule has 1 aliphatic carbocycles. The average Bonchev–Trinajstić information content (AvgIpc) is 3.46. The van der Waals surface area contributed by atoms with Crippen molar-refractivity contribution in [3.05, 3.63) is 58.7 Å². The third-order valence-corrected chi connectivity index (χ3v) is 4.62. The van der Waals surface area contributed by atoms with Gasteiger partial charge in [-0.25, -0.2) is 4.79 Å². The van der Waals surface area contributed by atoms with E-state index in [1.54, 1.807) is 0 Å². The first-order valence-corrected chi connectivity index (χ1v) is 8.81. The van der Waals surface area contributed by atoms with E-state index in [2.05, 4.69) is 37.4 Å². The minimum Gasteiger partial charge on any atom is -0.489 e. The summed E-state index contributed by atoms with van der Waals surface area (Å²) >= 11 is 0. The van der Waals surface area contributed by atoms with Gasteiger partial charge in [0, 0.05) is 5.56 Å². The first-order valence-electron chi connectivity index (χ1n) is 8.81. The lowest BCUT2D eigenvalue weighted by atomic mass is 10.0. The number of anilines is 1. The normalized spacial score (nSPS) is 13.4. The van der Waals surface area contributed by atoms with E-state index in [1.807, 2.05) is 18.2 Å². The molecule has 0 aromatic heterocycles. The maximum absolute atomic E-state index is 11.7. The lowest BCUT2D eigenvalue weighted by molar-refractivity contribution is 0.187. The van der Waals surface area contributed by atoms with Crippen molar-refractivity contribution in [1.82, 2.24) is 0 Å². The smallest absolute Gasteiger partial charge is 0.411 e. The summed E-state index contributed by atoms with van der Waals surface area (Å²) in [4.78, 5) is 11.7. The Hall–Kier alpha value is -2.49. The highest BCUT2D eigenvalue weighted by atomic mass is 16.5. The number of hydrogen-bond acceptors (Lipinski definition) is 3. The standard InChI is InChI=1S/C21H25NO3/c1-4-15-12-14(2)8-11-20(15)25-13-18-17(16-9-10-16)6-5-7-19(18)22-21(23)24-3/h5-8,11-12,16H,4,9-10,13H2,1-3H3,(H,22,23). The minimum absolute atomic E-state index is 0.433. The van der Waals surface area contributed by atoms with Crippen molar-refractivity contribution in [3.63, 3.8) is 0 Å². The van der Waals surface area contributed by atoms with Crippen LogP contribution in [0.1, 0.15) is 47.9 Å². The van der Waals surface area contributed by atoms with Crippen LogP contribution < -0.4 is 10.1 Å². The van der Waals surface area contributed by atoms with Crippen LogP contribution >= 0.6 is 0 Å². The maximum atomic E-state index is 11.7. The maximum Gasteiger partial charge on any atom is 0.411 e. The number of benzene rings is 2. The molecule has 2 aromatic carbocycles. The molecule has 25 heavy (non-hydrogen) atoms. The van der Waals surface area contributed by atoms with Crippen molar-refractivity contribution in [2.45, 2.75) is 45.6 Å². The average molecular weight is 339 g/mol. The van der Waals surface area contributed by atoms with Gasteiger partial charge < -0.3 is 9.47 Å². The molecule has 1 amide bonds. The zero-order valence-corrected chi connectivity index (χ0v) is 15.1. The largest absolute Gasteiger partial charge is 0.489 e. The second kappa shape index (κ2) is 7.60. The van der Waals surface area contributed by atoms with Crippen LogP contribution in [0.4, 0.5) is 10.5 Å². The number of nitrogens with one attached hydrogen (secondary N) is 1. The molecular weight excluding hydrogens is 314 g/mol. The van der Waals surface area contributed by atoms with Crippen molar-refractivity contribution in [1.29, 1.82) is 0 Å². The summed E-state index contributed by atoms with van der Waals surface area (Å²) in [6.07, 6.45) is 2.85. The second-order valence-electron chi connectivity index (χ2n) is 6.52. The van der Waals surface area contributed by atoms with Gasteiger partial charge >= 0.3 is 6.09 Å². The van der Waals surface area contributed by atoms with E-state index in [-0.39, 0.29) is 0 Å². The van der Waals surface area contributed by atoms with E-state index >= 15 is 0 Å². The van der Waals surface area contributed by atoms with E-state index in [9.17, 15) is 4.79 Å². The zero-order chi connectivity index (χ0) is 17.8. The van der Waals surface area contributed by atoms with Crippen LogP contribution in [-0.2, 0) is 17.8 Å². The monoisotopic (exact) mass is 339 g/mol. The predicted octanol–water partition coefficient (Wildman–Crippen LogP) is 5.19. The molecule has 1 fully saturated rings. The topological polar surface area (TPSA) is 47.6 Å². The molecule has 0 unspecified atom stereocenters. The second-order valence-corrected chi connectivity index (χ2v) is 6.52.